The minimum Gasteiger partial charge on any atom is -0.493 e. The van der Waals surface area contributed by atoms with Gasteiger partial charge in [-0.15, -0.1) is 0 Å². The van der Waals surface area contributed by atoms with E-state index in [1.165, 1.54) is 6.08 Å². The Morgan fingerprint density at radius 1 is 1.18 bits per heavy atom. The molecule has 0 bridgehead atoms. The molecular weight excluding hydrogens is 430 g/mol. The molecule has 1 aromatic carbocycles. The summed E-state index contributed by atoms with van der Waals surface area (Å²) in [6.07, 6.45) is 7.03. The van der Waals surface area contributed by atoms with Gasteiger partial charge in [-0.1, -0.05) is 6.07 Å². The summed E-state index contributed by atoms with van der Waals surface area (Å²) in [5.74, 6) is 1.08. The molecule has 0 aliphatic carbocycles. The third kappa shape index (κ3) is 4.39. The number of methoxy groups -OCH3 is 2. The molecule has 34 heavy (non-hydrogen) atoms. The Balaban J connectivity index is 1.53. The predicted octanol–water partition coefficient (Wildman–Crippen LogP) is 4.49. The summed E-state index contributed by atoms with van der Waals surface area (Å²) >= 11 is 0. The number of aromatic nitrogens is 4. The fraction of sp³-hybridized carbons (Fsp3) is 0.269. The Labute approximate surface area is 198 Å². The fourth-order valence-corrected chi connectivity index (χ4v) is 4.12. The number of hydrogen-bond acceptors (Lipinski definition) is 5. The number of fused-ring (bicyclic) bond motifs is 1. The number of rotatable bonds is 7. The Morgan fingerprint density at radius 2 is 1.94 bits per heavy atom. The van der Waals surface area contributed by atoms with Gasteiger partial charge in [-0.3, -0.25) is 9.48 Å². The van der Waals surface area contributed by atoms with Crippen LogP contribution in [0.3, 0.4) is 0 Å². The van der Waals surface area contributed by atoms with Crippen LogP contribution in [0.2, 0.25) is 0 Å². The second-order valence-corrected chi connectivity index (χ2v) is 8.21. The summed E-state index contributed by atoms with van der Waals surface area (Å²) in [5.41, 5.74) is 6.68. The molecule has 176 valence electrons. The van der Waals surface area contributed by atoms with Crippen LogP contribution in [0.1, 0.15) is 35.5 Å². The number of ether oxygens (including phenoxy) is 2. The number of hydrogen-bond donors (Lipinski definition) is 2. The van der Waals surface area contributed by atoms with Crippen LogP contribution < -0.4 is 14.8 Å². The summed E-state index contributed by atoms with van der Waals surface area (Å²) in [4.78, 5) is 20.4. The molecule has 0 unspecified atom stereocenters. The maximum absolute atomic E-state index is 12.6. The first kappa shape index (κ1) is 23.1. The zero-order valence-electron chi connectivity index (χ0n) is 20.3. The number of carbonyl (C=O) groups excluding carboxylic acids is 1. The van der Waals surface area contributed by atoms with Gasteiger partial charge >= 0.3 is 0 Å². The highest BCUT2D eigenvalue weighted by Crippen LogP contribution is 2.31. The number of aromatic amines is 1. The molecule has 3 aromatic heterocycles. The normalized spacial score (nSPS) is 12.3. The van der Waals surface area contributed by atoms with Crippen molar-refractivity contribution in [2.24, 2.45) is 7.05 Å². The van der Waals surface area contributed by atoms with Gasteiger partial charge in [0, 0.05) is 53.3 Å². The second kappa shape index (κ2) is 9.43. The first-order chi connectivity index (χ1) is 16.3. The van der Waals surface area contributed by atoms with E-state index >= 15 is 0 Å². The molecule has 0 aliphatic heterocycles. The summed E-state index contributed by atoms with van der Waals surface area (Å²) < 4.78 is 12.5. The van der Waals surface area contributed by atoms with E-state index in [0.717, 1.165) is 44.7 Å². The number of H-pyrrole nitrogens is 1. The van der Waals surface area contributed by atoms with E-state index in [2.05, 4.69) is 26.4 Å². The van der Waals surface area contributed by atoms with Crippen LogP contribution in [0.5, 0.6) is 11.5 Å². The Hall–Kier alpha value is -4.07. The predicted molar refractivity (Wildman–Crippen MR) is 133 cm³/mol. The molecule has 0 spiro atoms. The van der Waals surface area contributed by atoms with Crippen LogP contribution >= 0.6 is 0 Å². The van der Waals surface area contributed by atoms with Crippen molar-refractivity contribution in [3.05, 3.63) is 65.2 Å². The molecule has 4 aromatic rings. The molecule has 3 heterocycles. The van der Waals surface area contributed by atoms with Gasteiger partial charge in [0.1, 0.15) is 5.65 Å². The highest BCUT2D eigenvalue weighted by molar-refractivity contribution is 5.96. The Kier molecular flexibility index (Phi) is 6.40. The van der Waals surface area contributed by atoms with E-state index in [9.17, 15) is 4.79 Å². The van der Waals surface area contributed by atoms with E-state index in [1.807, 2.05) is 63.1 Å². The van der Waals surface area contributed by atoms with Crippen molar-refractivity contribution in [1.29, 1.82) is 0 Å². The summed E-state index contributed by atoms with van der Waals surface area (Å²) in [7, 11) is 5.12. The molecule has 0 aliphatic rings. The van der Waals surface area contributed by atoms with Crippen molar-refractivity contribution in [3.63, 3.8) is 0 Å². The van der Waals surface area contributed by atoms with Gasteiger partial charge in [0.25, 0.3) is 0 Å². The number of aryl methyl sites for hydroxylation is 2. The fourth-order valence-electron chi connectivity index (χ4n) is 4.12. The minimum absolute atomic E-state index is 0.195. The van der Waals surface area contributed by atoms with E-state index < -0.39 is 0 Å². The van der Waals surface area contributed by atoms with Crippen molar-refractivity contribution in [3.8, 4) is 22.6 Å². The standard InChI is InChI=1S/C26H29N5O3/c1-15(18-7-9-22(33-5)23(12-18)34-6)29-24(32)10-8-19-13-27-26-21(19)11-20(14-28-26)25-16(2)30-31(4)17(25)3/h7-15H,1-6H3,(H,27,28)(H,29,32)/b10-8+/t15-/m1/s1. The monoisotopic (exact) mass is 459 g/mol. The third-order valence-electron chi connectivity index (χ3n) is 6.04. The molecule has 1 amide bonds. The molecule has 0 fully saturated rings. The average molecular weight is 460 g/mol. The SMILES string of the molecule is COc1ccc([C@@H](C)NC(=O)/C=C/c2c[nH]c3ncc(-c4c(C)nn(C)c4C)cc23)cc1OC. The summed E-state index contributed by atoms with van der Waals surface area (Å²) in [5, 5.41) is 8.44. The quantitative estimate of drug-likeness (QED) is 0.397. The van der Waals surface area contributed by atoms with Crippen LogP contribution in [0.25, 0.3) is 28.2 Å². The Bertz CT molecular complexity index is 1380. The molecule has 8 heteroatoms. The first-order valence-electron chi connectivity index (χ1n) is 11.0. The summed E-state index contributed by atoms with van der Waals surface area (Å²) in [6, 6.07) is 7.48. The molecular formula is C26H29N5O3. The molecule has 0 saturated carbocycles. The Morgan fingerprint density at radius 3 is 2.62 bits per heavy atom. The zero-order chi connectivity index (χ0) is 24.4. The van der Waals surface area contributed by atoms with Crippen molar-refractivity contribution in [1.82, 2.24) is 25.1 Å². The largest absolute Gasteiger partial charge is 0.493 e. The van der Waals surface area contributed by atoms with Crippen LogP contribution in [0, 0.1) is 13.8 Å². The number of amides is 1. The van der Waals surface area contributed by atoms with E-state index in [0.29, 0.717) is 11.5 Å². The van der Waals surface area contributed by atoms with Gasteiger partial charge in [-0.05, 0) is 50.6 Å². The smallest absolute Gasteiger partial charge is 0.244 e. The van der Waals surface area contributed by atoms with Crippen molar-refractivity contribution in [2.45, 2.75) is 26.8 Å². The van der Waals surface area contributed by atoms with Gasteiger partial charge in [0.15, 0.2) is 11.5 Å². The second-order valence-electron chi connectivity index (χ2n) is 8.21. The average Bonchev–Trinajstić information content (AvgIpc) is 3.35. The number of carbonyl (C=O) groups is 1. The van der Waals surface area contributed by atoms with E-state index in [4.69, 9.17) is 9.47 Å². The maximum atomic E-state index is 12.6. The van der Waals surface area contributed by atoms with Gasteiger partial charge in [0.05, 0.1) is 26.0 Å². The molecule has 0 saturated heterocycles. The minimum atomic E-state index is -0.204. The molecule has 8 nitrogen and oxygen atoms in total. The topological polar surface area (TPSA) is 94.1 Å². The highest BCUT2D eigenvalue weighted by Gasteiger charge is 2.15. The lowest BCUT2D eigenvalue weighted by molar-refractivity contribution is -0.117. The van der Waals surface area contributed by atoms with Crippen molar-refractivity contribution < 1.29 is 14.3 Å². The van der Waals surface area contributed by atoms with Gasteiger partial charge in [0.2, 0.25) is 5.91 Å². The van der Waals surface area contributed by atoms with Crippen LogP contribution in [-0.2, 0) is 11.8 Å². The number of benzene rings is 1. The van der Waals surface area contributed by atoms with Crippen molar-refractivity contribution in [2.75, 3.05) is 14.2 Å². The molecule has 4 rings (SSSR count). The lowest BCUT2D eigenvalue weighted by Gasteiger charge is -2.15. The molecule has 1 atom stereocenters. The lowest BCUT2D eigenvalue weighted by Crippen LogP contribution is -2.24. The lowest BCUT2D eigenvalue weighted by atomic mass is 10.0. The summed E-state index contributed by atoms with van der Waals surface area (Å²) in [6.45, 7) is 5.96. The molecule has 0 radical (unpaired) electrons. The van der Waals surface area contributed by atoms with E-state index in [1.54, 1.807) is 20.3 Å². The van der Waals surface area contributed by atoms with Crippen LogP contribution in [-0.4, -0.2) is 39.9 Å². The first-order valence-corrected chi connectivity index (χ1v) is 11.0. The molecule has 2 N–H and O–H groups in total. The highest BCUT2D eigenvalue weighted by atomic mass is 16.5. The maximum Gasteiger partial charge on any atom is 0.244 e. The van der Waals surface area contributed by atoms with Gasteiger partial charge in [-0.2, -0.15) is 5.10 Å². The van der Waals surface area contributed by atoms with E-state index in [-0.39, 0.29) is 11.9 Å². The zero-order valence-corrected chi connectivity index (χ0v) is 20.3. The van der Waals surface area contributed by atoms with Gasteiger partial charge < -0.3 is 19.8 Å². The van der Waals surface area contributed by atoms with Crippen LogP contribution in [0.4, 0.5) is 0 Å². The number of nitrogens with zero attached hydrogens (tertiary/aromatic N) is 3. The van der Waals surface area contributed by atoms with Gasteiger partial charge in [-0.25, -0.2) is 4.98 Å². The van der Waals surface area contributed by atoms with Crippen LogP contribution in [0.15, 0.2) is 42.7 Å². The third-order valence-corrected chi connectivity index (χ3v) is 6.04. The van der Waals surface area contributed by atoms with Crippen molar-refractivity contribution >= 4 is 23.0 Å². The number of nitrogens with one attached hydrogen (secondary N) is 2. The number of pyridine rings is 1.